The first-order valence-electron chi connectivity index (χ1n) is 28.8. The summed E-state index contributed by atoms with van der Waals surface area (Å²) in [5, 5.41) is 9.78. The zero-order chi connectivity index (χ0) is 52.7. The van der Waals surface area contributed by atoms with E-state index in [0.29, 0.717) is 19.3 Å². The number of rotatable bonds is 53. The third kappa shape index (κ3) is 51.8. The van der Waals surface area contributed by atoms with E-state index < -0.39 is 57.8 Å². The van der Waals surface area contributed by atoms with Crippen molar-refractivity contribution in [2.75, 3.05) is 26.4 Å². The Hall–Kier alpha value is -3.08. The molecule has 0 amide bonds. The van der Waals surface area contributed by atoms with E-state index in [2.05, 4.69) is 81.5 Å². The van der Waals surface area contributed by atoms with Crippen molar-refractivity contribution in [3.63, 3.8) is 0 Å². The van der Waals surface area contributed by atoms with Gasteiger partial charge in [-0.1, -0.05) is 209 Å². The van der Waals surface area contributed by atoms with Crippen LogP contribution in [0.5, 0.6) is 0 Å². The van der Waals surface area contributed by atoms with Crippen molar-refractivity contribution < 1.29 is 52.2 Å². The second kappa shape index (κ2) is 54.2. The molecule has 0 spiro atoms. The van der Waals surface area contributed by atoms with Crippen molar-refractivity contribution in [3.8, 4) is 0 Å². The number of unbranched alkanes of at least 4 members (excludes halogenated alkanes) is 24. The normalized spacial score (nSPS) is 13.9. The van der Waals surface area contributed by atoms with E-state index in [1.165, 1.54) is 96.3 Å². The Bertz CT molecular complexity index is 1490. The van der Waals surface area contributed by atoms with Crippen LogP contribution in [0.15, 0.2) is 72.9 Å². The van der Waals surface area contributed by atoms with E-state index in [1.54, 1.807) is 0 Å². The maximum absolute atomic E-state index is 12.9. The molecule has 0 aromatic carbocycles. The Morgan fingerprint density at radius 1 is 0.403 bits per heavy atom. The maximum Gasteiger partial charge on any atom is 0.472 e. The number of carbonyl (C=O) groups excluding carboxylic acids is 3. The molecular weight excluding hydrogens is 928 g/mol. The highest BCUT2D eigenvalue weighted by molar-refractivity contribution is 7.47. The zero-order valence-corrected chi connectivity index (χ0v) is 46.8. The first-order valence-corrected chi connectivity index (χ1v) is 30.3. The predicted molar refractivity (Wildman–Crippen MR) is 298 cm³/mol. The van der Waals surface area contributed by atoms with Gasteiger partial charge in [0.2, 0.25) is 0 Å². The van der Waals surface area contributed by atoms with Crippen molar-refractivity contribution >= 4 is 25.7 Å². The van der Waals surface area contributed by atoms with Gasteiger partial charge in [0.1, 0.15) is 12.7 Å². The molecule has 0 rings (SSSR count). The van der Waals surface area contributed by atoms with Crippen LogP contribution in [-0.2, 0) is 42.2 Å². The van der Waals surface area contributed by atoms with Gasteiger partial charge in [-0.3, -0.25) is 23.4 Å². The molecule has 0 saturated heterocycles. The summed E-state index contributed by atoms with van der Waals surface area (Å²) in [7, 11) is -4.77. The Morgan fingerprint density at radius 2 is 0.750 bits per heavy atom. The molecule has 0 radical (unpaired) electrons. The highest BCUT2D eigenvalue weighted by atomic mass is 31.2. The van der Waals surface area contributed by atoms with Crippen LogP contribution in [0, 0.1) is 0 Å². The SMILES string of the molecule is CC/C=C\C/C=C\C/C=C\C/C=C\CCC(=O)OC(CO)COP(=O)(O)OCC(COC(=O)CCCCCCC/C=C\CCCCCCCC)OC(=O)CCCCCCCCC/C=C\CCCCCCCC. The predicted octanol–water partition coefficient (Wildman–Crippen LogP) is 16.9. The third-order valence-corrected chi connectivity index (χ3v) is 13.0. The van der Waals surface area contributed by atoms with Crippen molar-refractivity contribution in [2.24, 2.45) is 0 Å². The van der Waals surface area contributed by atoms with Crippen LogP contribution in [0.2, 0.25) is 0 Å². The van der Waals surface area contributed by atoms with Gasteiger partial charge in [0.15, 0.2) is 6.10 Å². The molecule has 0 aliphatic rings. The Labute approximate surface area is 439 Å². The summed E-state index contributed by atoms with van der Waals surface area (Å²) < 4.78 is 39.4. The molecule has 0 aromatic rings. The maximum atomic E-state index is 12.9. The van der Waals surface area contributed by atoms with Gasteiger partial charge in [-0.05, 0) is 96.3 Å². The monoisotopic (exact) mass is 1030 g/mol. The van der Waals surface area contributed by atoms with Crippen LogP contribution in [0.25, 0.3) is 0 Å². The minimum atomic E-state index is -4.77. The van der Waals surface area contributed by atoms with Crippen molar-refractivity contribution in [1.82, 2.24) is 0 Å². The van der Waals surface area contributed by atoms with E-state index in [9.17, 15) is 28.9 Å². The molecule has 0 heterocycles. The second-order valence-corrected chi connectivity index (χ2v) is 20.5. The molecule has 0 aliphatic heterocycles. The van der Waals surface area contributed by atoms with Gasteiger partial charge in [0, 0.05) is 19.3 Å². The molecule has 11 nitrogen and oxygen atoms in total. The minimum Gasteiger partial charge on any atom is -0.462 e. The van der Waals surface area contributed by atoms with Gasteiger partial charge in [-0.15, -0.1) is 0 Å². The number of hydrogen-bond donors (Lipinski definition) is 2. The summed E-state index contributed by atoms with van der Waals surface area (Å²) >= 11 is 0. The number of phosphoric ester groups is 1. The average Bonchev–Trinajstić information content (AvgIpc) is 3.37. The summed E-state index contributed by atoms with van der Waals surface area (Å²) in [6.07, 6.45) is 60.2. The number of carbonyl (C=O) groups is 3. The largest absolute Gasteiger partial charge is 0.472 e. The van der Waals surface area contributed by atoms with E-state index in [1.807, 2.05) is 12.2 Å². The average molecular weight is 1030 g/mol. The Balaban J connectivity index is 4.80. The zero-order valence-electron chi connectivity index (χ0n) is 45.9. The summed E-state index contributed by atoms with van der Waals surface area (Å²) in [4.78, 5) is 48.5. The molecule has 12 heteroatoms. The van der Waals surface area contributed by atoms with Crippen LogP contribution < -0.4 is 0 Å². The van der Waals surface area contributed by atoms with Crippen LogP contribution in [-0.4, -0.2) is 66.5 Å². The molecule has 3 atom stereocenters. The number of esters is 3. The number of aliphatic hydroxyl groups is 1. The fourth-order valence-electron chi connectivity index (χ4n) is 7.71. The molecule has 0 aliphatic carbocycles. The lowest BCUT2D eigenvalue weighted by Crippen LogP contribution is -2.30. The molecule has 2 N–H and O–H groups in total. The van der Waals surface area contributed by atoms with Crippen molar-refractivity contribution in [3.05, 3.63) is 72.9 Å². The van der Waals surface area contributed by atoms with Crippen LogP contribution in [0.1, 0.15) is 252 Å². The molecular formula is C60H105O11P. The molecule has 0 aromatic heterocycles. The summed E-state index contributed by atoms with van der Waals surface area (Å²) in [6.45, 7) is 4.43. The second-order valence-electron chi connectivity index (χ2n) is 19.1. The standard InChI is InChI=1S/C60H105O11P/c1-4-7-10-13-16-19-22-25-27-28-30-33-36-39-42-45-48-51-60(64)71-57(53-67-58(62)49-46-43-40-37-34-32-29-26-23-20-17-14-11-8-5-2)55-69-72(65,66)68-54-56(52-61)70-59(63)50-47-44-41-38-35-31-24-21-18-15-12-9-6-3/h9,12,18,21,25-27,29,31,35,41,44,56-57,61H,4-8,10-11,13-17,19-20,22-24,28,30,32-34,36-40,42-43,45-55H2,1-3H3,(H,65,66)/b12-9-,21-18-,27-25-,29-26-,35-31-,44-41-. The molecule has 0 saturated carbocycles. The molecule has 3 unspecified atom stereocenters. The number of phosphoric acid groups is 1. The number of aliphatic hydroxyl groups excluding tert-OH is 1. The lowest BCUT2D eigenvalue weighted by Gasteiger charge is -2.21. The van der Waals surface area contributed by atoms with Gasteiger partial charge in [0.25, 0.3) is 0 Å². The third-order valence-electron chi connectivity index (χ3n) is 12.1. The lowest BCUT2D eigenvalue weighted by atomic mass is 10.1. The Morgan fingerprint density at radius 3 is 1.19 bits per heavy atom. The lowest BCUT2D eigenvalue weighted by molar-refractivity contribution is -0.161. The number of hydrogen-bond acceptors (Lipinski definition) is 10. The Kier molecular flexibility index (Phi) is 51.9. The first-order chi connectivity index (χ1) is 35.2. The quantitative estimate of drug-likeness (QED) is 0.0197. The van der Waals surface area contributed by atoms with Crippen LogP contribution in [0.4, 0.5) is 0 Å². The number of allylic oxidation sites excluding steroid dienone is 12. The van der Waals surface area contributed by atoms with Crippen LogP contribution in [0.3, 0.4) is 0 Å². The van der Waals surface area contributed by atoms with Gasteiger partial charge in [-0.2, -0.15) is 0 Å². The molecule has 416 valence electrons. The highest BCUT2D eigenvalue weighted by Crippen LogP contribution is 2.43. The van der Waals surface area contributed by atoms with E-state index in [4.69, 9.17) is 23.3 Å². The molecule has 72 heavy (non-hydrogen) atoms. The molecule has 0 fully saturated rings. The molecule has 0 bridgehead atoms. The van der Waals surface area contributed by atoms with E-state index >= 15 is 0 Å². The van der Waals surface area contributed by atoms with Crippen molar-refractivity contribution in [1.29, 1.82) is 0 Å². The van der Waals surface area contributed by atoms with E-state index in [-0.39, 0.29) is 25.9 Å². The highest BCUT2D eigenvalue weighted by Gasteiger charge is 2.28. The van der Waals surface area contributed by atoms with Gasteiger partial charge in [-0.25, -0.2) is 4.57 Å². The van der Waals surface area contributed by atoms with Crippen molar-refractivity contribution in [2.45, 2.75) is 264 Å². The fourth-order valence-corrected chi connectivity index (χ4v) is 8.50. The summed E-state index contributed by atoms with van der Waals surface area (Å²) in [5.41, 5.74) is 0. The smallest absolute Gasteiger partial charge is 0.462 e. The van der Waals surface area contributed by atoms with E-state index in [0.717, 1.165) is 96.3 Å². The first kappa shape index (κ1) is 68.9. The topological polar surface area (TPSA) is 155 Å². The summed E-state index contributed by atoms with van der Waals surface area (Å²) in [5.74, 6) is -1.56. The van der Waals surface area contributed by atoms with Crippen LogP contribution >= 0.6 is 7.82 Å². The summed E-state index contributed by atoms with van der Waals surface area (Å²) in [6, 6.07) is 0. The minimum absolute atomic E-state index is 0.0541. The number of ether oxygens (including phenoxy) is 3. The fraction of sp³-hybridized carbons (Fsp3) is 0.750. The van der Waals surface area contributed by atoms with Gasteiger partial charge < -0.3 is 24.2 Å². The van der Waals surface area contributed by atoms with Gasteiger partial charge >= 0.3 is 25.7 Å². The van der Waals surface area contributed by atoms with Gasteiger partial charge in [0.05, 0.1) is 19.8 Å².